The summed E-state index contributed by atoms with van der Waals surface area (Å²) in [5.41, 5.74) is -0.185. The van der Waals surface area contributed by atoms with Crippen molar-refractivity contribution in [3.05, 3.63) is 0 Å². The average molecular weight is 141 g/mol. The highest BCUT2D eigenvalue weighted by molar-refractivity contribution is 6.47. The van der Waals surface area contributed by atoms with Crippen LogP contribution in [0.15, 0.2) is 10.3 Å². The lowest BCUT2D eigenvalue weighted by molar-refractivity contribution is 0.314. The molecule has 0 rings (SSSR count). The Balaban J connectivity index is 4.47. The molecule has 0 aromatic rings. The highest BCUT2D eigenvalue weighted by atomic mass is 16.4. The molecule has 5 nitrogen and oxygen atoms in total. The smallest absolute Gasteiger partial charge is 0.204 e. The van der Waals surface area contributed by atoms with Crippen molar-refractivity contribution < 1.29 is 10.4 Å². The van der Waals surface area contributed by atoms with E-state index in [0.29, 0.717) is 6.42 Å². The van der Waals surface area contributed by atoms with E-state index < -0.39 is 0 Å². The first-order valence-corrected chi connectivity index (χ1v) is 2.63. The molecule has 0 bridgehead atoms. The van der Waals surface area contributed by atoms with Gasteiger partial charge in [0.2, 0.25) is 5.71 Å². The summed E-state index contributed by atoms with van der Waals surface area (Å²) in [6.45, 7) is 1.68. The summed E-state index contributed by atoms with van der Waals surface area (Å²) >= 11 is 0. The summed E-state index contributed by atoms with van der Waals surface area (Å²) in [4.78, 5) is 0. The molecule has 5 heteroatoms. The summed E-state index contributed by atoms with van der Waals surface area (Å²) in [5.74, 6) is 0. The largest absolute Gasteiger partial charge is 0.411 e. The van der Waals surface area contributed by atoms with Crippen LogP contribution in [0.5, 0.6) is 0 Å². The molecule has 0 heterocycles. The van der Waals surface area contributed by atoms with Crippen molar-refractivity contribution >= 4 is 11.4 Å². The first-order valence-electron chi connectivity index (χ1n) is 2.63. The molecule has 0 aromatic carbocycles. The lowest BCUT2D eigenvalue weighted by Gasteiger charge is -1.91. The van der Waals surface area contributed by atoms with Crippen LogP contribution in [-0.4, -0.2) is 21.8 Å². The van der Waals surface area contributed by atoms with Gasteiger partial charge in [0.15, 0.2) is 0 Å². The molecule has 0 saturated carbocycles. The van der Waals surface area contributed by atoms with E-state index in [1.165, 1.54) is 0 Å². The third kappa shape index (κ3) is 1.74. The van der Waals surface area contributed by atoms with Gasteiger partial charge in [-0.3, -0.25) is 0 Å². The number of hydrogen-bond acceptors (Lipinski definition) is 5. The van der Waals surface area contributed by atoms with Crippen LogP contribution in [0.3, 0.4) is 0 Å². The number of nitriles is 1. The lowest BCUT2D eigenvalue weighted by atomic mass is 10.2. The maximum absolute atomic E-state index is 8.23. The van der Waals surface area contributed by atoms with Crippen molar-refractivity contribution in [3.63, 3.8) is 0 Å². The lowest BCUT2D eigenvalue weighted by Crippen LogP contribution is -2.10. The van der Waals surface area contributed by atoms with E-state index in [9.17, 15) is 0 Å². The van der Waals surface area contributed by atoms with E-state index in [-0.39, 0.29) is 11.4 Å². The van der Waals surface area contributed by atoms with E-state index in [2.05, 4.69) is 10.3 Å². The maximum atomic E-state index is 8.23. The Labute approximate surface area is 57.9 Å². The van der Waals surface area contributed by atoms with Gasteiger partial charge in [0, 0.05) is 0 Å². The Hall–Kier alpha value is -1.57. The number of rotatable bonds is 2. The highest BCUT2D eigenvalue weighted by Gasteiger charge is 2.05. The molecule has 0 unspecified atom stereocenters. The summed E-state index contributed by atoms with van der Waals surface area (Å²) in [5, 5.41) is 29.9. The molecule has 2 N–H and O–H groups in total. The summed E-state index contributed by atoms with van der Waals surface area (Å²) in [6.07, 6.45) is 0.351. The fourth-order valence-corrected chi connectivity index (χ4v) is 0.430. The van der Waals surface area contributed by atoms with Crippen molar-refractivity contribution in [2.75, 3.05) is 0 Å². The van der Waals surface area contributed by atoms with Crippen LogP contribution < -0.4 is 0 Å². The molecule has 10 heavy (non-hydrogen) atoms. The molecule has 0 spiro atoms. The van der Waals surface area contributed by atoms with Gasteiger partial charge in [0.25, 0.3) is 0 Å². The molecule has 54 valence electrons. The molecule has 0 aromatic heterocycles. The Kier molecular flexibility index (Phi) is 3.64. The van der Waals surface area contributed by atoms with Gasteiger partial charge in [-0.1, -0.05) is 17.2 Å². The van der Waals surface area contributed by atoms with Crippen LogP contribution >= 0.6 is 0 Å². The number of oxime groups is 2. The Bertz CT molecular complexity index is 201. The SMILES string of the molecule is CCC(=N\O)/C(C#N)=N/O. The van der Waals surface area contributed by atoms with Crippen LogP contribution in [0, 0.1) is 11.3 Å². The topological polar surface area (TPSA) is 89.0 Å². The minimum atomic E-state index is -0.259. The van der Waals surface area contributed by atoms with E-state index >= 15 is 0 Å². The quantitative estimate of drug-likeness (QED) is 0.335. The normalized spacial score (nSPS) is 12.8. The second-order valence-corrected chi connectivity index (χ2v) is 1.46. The second kappa shape index (κ2) is 4.32. The van der Waals surface area contributed by atoms with Gasteiger partial charge in [-0.2, -0.15) is 5.26 Å². The van der Waals surface area contributed by atoms with Gasteiger partial charge in [0.05, 0.1) is 0 Å². The zero-order valence-electron chi connectivity index (χ0n) is 5.44. The van der Waals surface area contributed by atoms with Crippen molar-refractivity contribution in [3.8, 4) is 6.07 Å². The van der Waals surface area contributed by atoms with E-state index in [4.69, 9.17) is 15.7 Å². The van der Waals surface area contributed by atoms with Gasteiger partial charge < -0.3 is 10.4 Å². The molecule has 0 atom stereocenters. The standard InChI is InChI=1S/C5H7N3O2/c1-2-4(7-9)5(3-6)8-10/h9-10H,2H2,1H3/b7-4+,8-5+. The molecule has 0 fully saturated rings. The predicted molar refractivity (Wildman–Crippen MR) is 34.3 cm³/mol. The monoisotopic (exact) mass is 141 g/mol. The third-order valence-corrected chi connectivity index (χ3v) is 0.935. The molecule has 0 aliphatic rings. The second-order valence-electron chi connectivity index (χ2n) is 1.46. The number of nitrogens with zero attached hydrogens (tertiary/aromatic N) is 3. The minimum absolute atomic E-state index is 0.0741. The molecule has 0 amide bonds. The maximum Gasteiger partial charge on any atom is 0.204 e. The summed E-state index contributed by atoms with van der Waals surface area (Å²) < 4.78 is 0. The molecular weight excluding hydrogens is 134 g/mol. The average Bonchev–Trinajstić information content (AvgIpc) is 2.00. The van der Waals surface area contributed by atoms with Crippen molar-refractivity contribution in [2.45, 2.75) is 13.3 Å². The fraction of sp³-hybridized carbons (Fsp3) is 0.400. The van der Waals surface area contributed by atoms with Crippen LogP contribution in [0.4, 0.5) is 0 Å². The van der Waals surface area contributed by atoms with Crippen LogP contribution in [0.25, 0.3) is 0 Å². The van der Waals surface area contributed by atoms with Crippen molar-refractivity contribution in [2.24, 2.45) is 10.3 Å². The van der Waals surface area contributed by atoms with Crippen LogP contribution in [-0.2, 0) is 0 Å². The first-order chi connectivity index (χ1) is 4.79. The molecule has 0 saturated heterocycles. The van der Waals surface area contributed by atoms with Crippen LogP contribution in [0.2, 0.25) is 0 Å². The fourth-order valence-electron chi connectivity index (χ4n) is 0.430. The van der Waals surface area contributed by atoms with Gasteiger partial charge in [0.1, 0.15) is 11.8 Å². The van der Waals surface area contributed by atoms with Gasteiger partial charge in [-0.15, -0.1) is 0 Å². The Morgan fingerprint density at radius 3 is 2.20 bits per heavy atom. The zero-order chi connectivity index (χ0) is 7.98. The Morgan fingerprint density at radius 2 is 2.10 bits per heavy atom. The van der Waals surface area contributed by atoms with E-state index in [0.717, 1.165) is 0 Å². The van der Waals surface area contributed by atoms with Crippen LogP contribution in [0.1, 0.15) is 13.3 Å². The van der Waals surface area contributed by atoms with E-state index in [1.807, 2.05) is 0 Å². The zero-order valence-corrected chi connectivity index (χ0v) is 5.44. The van der Waals surface area contributed by atoms with Gasteiger partial charge >= 0.3 is 0 Å². The van der Waals surface area contributed by atoms with Crippen molar-refractivity contribution in [1.29, 1.82) is 5.26 Å². The summed E-state index contributed by atoms with van der Waals surface area (Å²) in [6, 6.07) is 1.56. The molecule has 0 radical (unpaired) electrons. The predicted octanol–water partition coefficient (Wildman–Crippen LogP) is 0.580. The molecular formula is C5H7N3O2. The van der Waals surface area contributed by atoms with Gasteiger partial charge in [-0.25, -0.2) is 0 Å². The first kappa shape index (κ1) is 8.43. The van der Waals surface area contributed by atoms with Crippen molar-refractivity contribution in [1.82, 2.24) is 0 Å². The highest BCUT2D eigenvalue weighted by Crippen LogP contribution is 1.88. The van der Waals surface area contributed by atoms with E-state index in [1.54, 1.807) is 13.0 Å². The molecule has 0 aliphatic carbocycles. The minimum Gasteiger partial charge on any atom is -0.411 e. The third-order valence-electron chi connectivity index (χ3n) is 0.935. The molecule has 0 aliphatic heterocycles. The Morgan fingerprint density at radius 1 is 1.50 bits per heavy atom. The summed E-state index contributed by atoms with van der Waals surface area (Å²) in [7, 11) is 0. The number of hydrogen-bond donors (Lipinski definition) is 2. The van der Waals surface area contributed by atoms with Gasteiger partial charge in [-0.05, 0) is 6.42 Å².